The van der Waals surface area contributed by atoms with E-state index >= 15 is 0 Å². The van der Waals surface area contributed by atoms with Gasteiger partial charge >= 0.3 is 0 Å². The van der Waals surface area contributed by atoms with Crippen molar-refractivity contribution in [2.75, 3.05) is 32.1 Å². The van der Waals surface area contributed by atoms with Gasteiger partial charge in [-0.25, -0.2) is 0 Å². The third-order valence-corrected chi connectivity index (χ3v) is 4.73. The highest BCUT2D eigenvalue weighted by atomic mass is 32.1. The van der Waals surface area contributed by atoms with Crippen LogP contribution >= 0.6 is 11.3 Å². The molecule has 0 radical (unpaired) electrons. The number of hydrogen-bond donors (Lipinski definition) is 2. The Kier molecular flexibility index (Phi) is 3.83. The number of ether oxygens (including phenoxy) is 2. The number of carbonyl (C=O) groups excluding carboxylic acids is 1. The van der Waals surface area contributed by atoms with E-state index in [4.69, 9.17) is 15.2 Å². The van der Waals surface area contributed by atoms with Crippen molar-refractivity contribution in [1.82, 2.24) is 15.1 Å². The molecule has 0 aliphatic carbocycles. The van der Waals surface area contributed by atoms with Crippen LogP contribution in [0.25, 0.3) is 10.2 Å². The second-order valence-corrected chi connectivity index (χ2v) is 6.01. The lowest BCUT2D eigenvalue weighted by molar-refractivity contribution is -0.0855. The number of aryl methyl sites for hydroxylation is 2. The molecule has 8 heteroatoms. The Labute approximate surface area is 126 Å². The summed E-state index contributed by atoms with van der Waals surface area (Å²) in [6.07, 6.45) is -0.0956. The van der Waals surface area contributed by atoms with E-state index in [0.717, 1.165) is 15.9 Å². The molecule has 114 valence electrons. The third kappa shape index (κ3) is 2.61. The zero-order valence-electron chi connectivity index (χ0n) is 12.0. The number of anilines is 1. The van der Waals surface area contributed by atoms with E-state index in [2.05, 4.69) is 10.4 Å². The number of carbonyl (C=O) groups is 1. The minimum absolute atomic E-state index is 0.0956. The topological polar surface area (TPSA) is 91.4 Å². The lowest BCUT2D eigenvalue weighted by Crippen LogP contribution is -2.39. The van der Waals surface area contributed by atoms with E-state index in [9.17, 15) is 4.79 Å². The lowest BCUT2D eigenvalue weighted by Gasteiger charge is -2.22. The van der Waals surface area contributed by atoms with Crippen LogP contribution in [0.4, 0.5) is 5.69 Å². The van der Waals surface area contributed by atoms with Crippen LogP contribution in [0.2, 0.25) is 0 Å². The monoisotopic (exact) mass is 310 g/mol. The molecule has 1 amide bonds. The molecule has 1 saturated heterocycles. The number of nitrogen functional groups attached to an aromatic ring is 1. The average Bonchev–Trinajstić information content (AvgIpc) is 2.97. The second kappa shape index (κ2) is 5.63. The summed E-state index contributed by atoms with van der Waals surface area (Å²) in [5.74, 6) is -0.178. The number of amides is 1. The first kappa shape index (κ1) is 14.3. The standard InChI is InChI=1S/C13H18N4O3S/c1-7-9-10(14)11(21-13(9)17(2)16-7)12(18)15-5-8-6-19-3-4-20-8/h8H,3-6,14H2,1-2H3,(H,15,18). The molecule has 0 aromatic carbocycles. The van der Waals surface area contributed by atoms with Gasteiger partial charge in [0, 0.05) is 13.6 Å². The number of rotatable bonds is 3. The van der Waals surface area contributed by atoms with Gasteiger partial charge in [-0.15, -0.1) is 11.3 Å². The smallest absolute Gasteiger partial charge is 0.263 e. The quantitative estimate of drug-likeness (QED) is 0.869. The van der Waals surface area contributed by atoms with Crippen molar-refractivity contribution in [2.24, 2.45) is 7.05 Å². The van der Waals surface area contributed by atoms with Crippen LogP contribution in [0.1, 0.15) is 15.4 Å². The maximum atomic E-state index is 12.3. The summed E-state index contributed by atoms with van der Waals surface area (Å²) in [6.45, 7) is 3.99. The summed E-state index contributed by atoms with van der Waals surface area (Å²) in [5, 5.41) is 8.03. The summed E-state index contributed by atoms with van der Waals surface area (Å²) < 4.78 is 12.5. The van der Waals surface area contributed by atoms with Crippen LogP contribution in [-0.2, 0) is 16.5 Å². The Morgan fingerprint density at radius 1 is 1.57 bits per heavy atom. The van der Waals surface area contributed by atoms with Gasteiger partial charge < -0.3 is 20.5 Å². The predicted molar refractivity (Wildman–Crippen MR) is 80.6 cm³/mol. The van der Waals surface area contributed by atoms with Gasteiger partial charge in [-0.3, -0.25) is 9.48 Å². The van der Waals surface area contributed by atoms with Crippen LogP contribution < -0.4 is 11.1 Å². The predicted octanol–water partition coefficient (Wildman–Crippen LogP) is 0.671. The van der Waals surface area contributed by atoms with Crippen molar-refractivity contribution in [3.05, 3.63) is 10.6 Å². The molecular weight excluding hydrogens is 292 g/mol. The second-order valence-electron chi connectivity index (χ2n) is 5.01. The van der Waals surface area contributed by atoms with E-state index in [0.29, 0.717) is 36.9 Å². The fourth-order valence-electron chi connectivity index (χ4n) is 2.44. The third-order valence-electron chi connectivity index (χ3n) is 3.46. The number of hydrogen-bond acceptors (Lipinski definition) is 6. The zero-order chi connectivity index (χ0) is 15.0. The maximum absolute atomic E-state index is 12.3. The van der Waals surface area contributed by atoms with Gasteiger partial charge in [-0.05, 0) is 6.92 Å². The molecule has 2 aromatic heterocycles. The molecule has 7 nitrogen and oxygen atoms in total. The normalized spacial score (nSPS) is 19.0. The Morgan fingerprint density at radius 2 is 2.38 bits per heavy atom. The van der Waals surface area contributed by atoms with E-state index in [1.54, 1.807) is 4.68 Å². The average molecular weight is 310 g/mol. The fraction of sp³-hybridized carbons (Fsp3) is 0.538. The van der Waals surface area contributed by atoms with E-state index in [-0.39, 0.29) is 12.0 Å². The zero-order valence-corrected chi connectivity index (χ0v) is 12.8. The molecule has 1 aliphatic heterocycles. The molecule has 2 aromatic rings. The molecular formula is C13H18N4O3S. The Balaban J connectivity index is 1.75. The van der Waals surface area contributed by atoms with Crippen LogP contribution in [0.15, 0.2) is 0 Å². The maximum Gasteiger partial charge on any atom is 0.263 e. The highest BCUT2D eigenvalue weighted by Gasteiger charge is 2.22. The number of fused-ring (bicyclic) bond motifs is 1. The molecule has 1 unspecified atom stereocenters. The highest BCUT2D eigenvalue weighted by Crippen LogP contribution is 2.35. The van der Waals surface area contributed by atoms with Crippen molar-refractivity contribution in [1.29, 1.82) is 0 Å². The van der Waals surface area contributed by atoms with Crippen molar-refractivity contribution >= 4 is 33.1 Å². The Bertz CT molecular complexity index is 673. The number of thiophene rings is 1. The van der Waals surface area contributed by atoms with Crippen molar-refractivity contribution in [3.63, 3.8) is 0 Å². The highest BCUT2D eigenvalue weighted by molar-refractivity contribution is 7.21. The van der Waals surface area contributed by atoms with Gasteiger partial charge in [0.05, 0.1) is 42.7 Å². The van der Waals surface area contributed by atoms with Gasteiger partial charge in [0.2, 0.25) is 0 Å². The number of aromatic nitrogens is 2. The molecule has 1 atom stereocenters. The van der Waals surface area contributed by atoms with Crippen molar-refractivity contribution < 1.29 is 14.3 Å². The van der Waals surface area contributed by atoms with Crippen LogP contribution in [0.5, 0.6) is 0 Å². The Morgan fingerprint density at radius 3 is 3.05 bits per heavy atom. The summed E-state index contributed by atoms with van der Waals surface area (Å²) in [5.41, 5.74) is 7.44. The minimum atomic E-state index is -0.178. The van der Waals surface area contributed by atoms with Crippen LogP contribution in [0, 0.1) is 6.92 Å². The lowest BCUT2D eigenvalue weighted by atomic mass is 10.2. The van der Waals surface area contributed by atoms with Gasteiger partial charge in [0.1, 0.15) is 9.71 Å². The summed E-state index contributed by atoms with van der Waals surface area (Å²) in [6, 6.07) is 0. The fourth-order valence-corrected chi connectivity index (χ4v) is 3.54. The molecule has 3 heterocycles. The summed E-state index contributed by atoms with van der Waals surface area (Å²) in [7, 11) is 1.85. The SMILES string of the molecule is Cc1nn(C)c2sc(C(=O)NCC3COCCO3)c(N)c12. The van der Waals surface area contributed by atoms with Gasteiger partial charge in [0.25, 0.3) is 5.91 Å². The van der Waals surface area contributed by atoms with Crippen LogP contribution in [-0.4, -0.2) is 48.2 Å². The summed E-state index contributed by atoms with van der Waals surface area (Å²) in [4.78, 5) is 13.7. The molecule has 3 rings (SSSR count). The minimum Gasteiger partial charge on any atom is -0.397 e. The molecule has 3 N–H and O–H groups in total. The molecule has 21 heavy (non-hydrogen) atoms. The number of nitrogens with two attached hydrogens (primary N) is 1. The molecule has 0 bridgehead atoms. The van der Waals surface area contributed by atoms with Gasteiger partial charge in [-0.2, -0.15) is 5.10 Å². The van der Waals surface area contributed by atoms with E-state index in [1.165, 1.54) is 11.3 Å². The van der Waals surface area contributed by atoms with E-state index in [1.807, 2.05) is 14.0 Å². The molecule has 1 aliphatic rings. The Hall–Kier alpha value is -1.64. The molecule has 0 spiro atoms. The van der Waals surface area contributed by atoms with E-state index < -0.39 is 0 Å². The van der Waals surface area contributed by atoms with Crippen molar-refractivity contribution in [2.45, 2.75) is 13.0 Å². The van der Waals surface area contributed by atoms with Gasteiger partial charge in [0.15, 0.2) is 0 Å². The van der Waals surface area contributed by atoms with Crippen LogP contribution in [0.3, 0.4) is 0 Å². The molecule has 1 fully saturated rings. The van der Waals surface area contributed by atoms with Crippen molar-refractivity contribution in [3.8, 4) is 0 Å². The first-order valence-corrected chi connectivity index (χ1v) is 7.58. The largest absolute Gasteiger partial charge is 0.397 e. The van der Waals surface area contributed by atoms with Gasteiger partial charge in [-0.1, -0.05) is 0 Å². The first-order valence-electron chi connectivity index (χ1n) is 6.77. The number of nitrogens with one attached hydrogen (secondary N) is 1. The number of nitrogens with zero attached hydrogens (tertiary/aromatic N) is 2. The summed E-state index contributed by atoms with van der Waals surface area (Å²) >= 11 is 1.36. The molecule has 0 saturated carbocycles. The first-order chi connectivity index (χ1) is 10.1.